The first-order chi connectivity index (χ1) is 13.0. The number of nitrogens with zero attached hydrogens (tertiary/aromatic N) is 2. The Morgan fingerprint density at radius 1 is 1.15 bits per heavy atom. The van der Waals surface area contributed by atoms with Crippen LogP contribution in [-0.4, -0.2) is 15.5 Å². The fourth-order valence-electron chi connectivity index (χ4n) is 2.80. The first-order valence-electron chi connectivity index (χ1n) is 8.69. The molecule has 0 aliphatic carbocycles. The number of carbonyl (C=O) groups excluding carboxylic acids is 1. The molecule has 0 spiro atoms. The number of carbonyl (C=O) groups is 1. The van der Waals surface area contributed by atoms with Crippen molar-refractivity contribution in [2.45, 2.75) is 26.8 Å². The van der Waals surface area contributed by atoms with Crippen LogP contribution in [0, 0.1) is 6.92 Å². The standard InChI is InChI=1S/C21H20ClN3O2/c1-3-17-12-20(27)25(21(24-17)15-7-5-8-16(22)11-15)13-19(26)23-18-9-4-6-14(2)10-18/h4-12H,3,13H2,1-2H3,(H,23,26). The first-order valence-corrected chi connectivity index (χ1v) is 9.07. The van der Waals surface area contributed by atoms with E-state index >= 15 is 0 Å². The van der Waals surface area contributed by atoms with Crippen LogP contribution in [0.1, 0.15) is 18.2 Å². The highest BCUT2D eigenvalue weighted by molar-refractivity contribution is 6.30. The fraction of sp³-hybridized carbons (Fsp3) is 0.190. The number of halogens is 1. The van der Waals surface area contributed by atoms with Crippen LogP contribution >= 0.6 is 11.6 Å². The monoisotopic (exact) mass is 381 g/mol. The van der Waals surface area contributed by atoms with E-state index in [0.29, 0.717) is 34.2 Å². The molecule has 6 heteroatoms. The van der Waals surface area contributed by atoms with Gasteiger partial charge in [-0.2, -0.15) is 0 Å². The summed E-state index contributed by atoms with van der Waals surface area (Å²) < 4.78 is 1.37. The molecule has 0 aliphatic heterocycles. The quantitative estimate of drug-likeness (QED) is 0.724. The molecule has 5 nitrogen and oxygen atoms in total. The summed E-state index contributed by atoms with van der Waals surface area (Å²) in [5.41, 5.74) is 2.83. The molecule has 0 saturated carbocycles. The van der Waals surface area contributed by atoms with Crippen LogP contribution in [0.2, 0.25) is 5.02 Å². The average molecular weight is 382 g/mol. The third-order valence-electron chi connectivity index (χ3n) is 4.11. The van der Waals surface area contributed by atoms with Crippen molar-refractivity contribution < 1.29 is 4.79 Å². The van der Waals surface area contributed by atoms with Gasteiger partial charge in [-0.3, -0.25) is 14.2 Å². The van der Waals surface area contributed by atoms with Crippen LogP contribution in [0.4, 0.5) is 5.69 Å². The summed E-state index contributed by atoms with van der Waals surface area (Å²) in [6.07, 6.45) is 0.624. The summed E-state index contributed by atoms with van der Waals surface area (Å²) >= 11 is 6.09. The van der Waals surface area contributed by atoms with E-state index < -0.39 is 0 Å². The Morgan fingerprint density at radius 2 is 1.93 bits per heavy atom. The van der Waals surface area contributed by atoms with E-state index in [9.17, 15) is 9.59 Å². The summed E-state index contributed by atoms with van der Waals surface area (Å²) in [6, 6.07) is 16.1. The molecule has 0 atom stereocenters. The van der Waals surface area contributed by atoms with Crippen molar-refractivity contribution in [1.29, 1.82) is 0 Å². The van der Waals surface area contributed by atoms with Gasteiger partial charge in [-0.05, 0) is 43.2 Å². The number of aromatic nitrogens is 2. The molecular formula is C21H20ClN3O2. The molecule has 3 rings (SSSR count). The average Bonchev–Trinajstić information content (AvgIpc) is 2.63. The van der Waals surface area contributed by atoms with Gasteiger partial charge in [-0.25, -0.2) is 4.98 Å². The minimum atomic E-state index is -0.294. The highest BCUT2D eigenvalue weighted by Crippen LogP contribution is 2.21. The number of aryl methyl sites for hydroxylation is 2. The summed E-state index contributed by atoms with van der Waals surface area (Å²) in [4.78, 5) is 29.7. The van der Waals surface area contributed by atoms with Gasteiger partial charge in [0.25, 0.3) is 5.56 Å². The largest absolute Gasteiger partial charge is 0.325 e. The Hall–Kier alpha value is -2.92. The van der Waals surface area contributed by atoms with E-state index in [2.05, 4.69) is 10.3 Å². The van der Waals surface area contributed by atoms with Crippen LogP contribution in [0.15, 0.2) is 59.4 Å². The van der Waals surface area contributed by atoms with Crippen molar-refractivity contribution >= 4 is 23.2 Å². The molecule has 0 aliphatic rings. The smallest absolute Gasteiger partial charge is 0.254 e. The van der Waals surface area contributed by atoms with Crippen molar-refractivity contribution in [3.8, 4) is 11.4 Å². The number of hydrogen-bond acceptors (Lipinski definition) is 3. The number of nitrogens with one attached hydrogen (secondary N) is 1. The lowest BCUT2D eigenvalue weighted by molar-refractivity contribution is -0.116. The first kappa shape index (κ1) is 18.9. The van der Waals surface area contributed by atoms with Gasteiger partial charge in [0.15, 0.2) is 0 Å². The molecule has 1 N–H and O–H groups in total. The van der Waals surface area contributed by atoms with E-state index in [1.54, 1.807) is 18.2 Å². The minimum Gasteiger partial charge on any atom is -0.325 e. The van der Waals surface area contributed by atoms with Crippen LogP contribution in [-0.2, 0) is 17.8 Å². The number of hydrogen-bond donors (Lipinski definition) is 1. The van der Waals surface area contributed by atoms with Crippen molar-refractivity contribution in [2.75, 3.05) is 5.32 Å². The topological polar surface area (TPSA) is 64.0 Å². The Balaban J connectivity index is 1.96. The minimum absolute atomic E-state index is 0.133. The molecule has 0 radical (unpaired) electrons. The number of amides is 1. The molecule has 0 saturated heterocycles. The fourth-order valence-corrected chi connectivity index (χ4v) is 2.99. The van der Waals surface area contributed by atoms with Crippen LogP contribution in [0.3, 0.4) is 0 Å². The maximum Gasteiger partial charge on any atom is 0.254 e. The zero-order valence-electron chi connectivity index (χ0n) is 15.2. The molecule has 3 aromatic rings. The van der Waals surface area contributed by atoms with Crippen molar-refractivity contribution in [2.24, 2.45) is 0 Å². The second kappa shape index (κ2) is 8.18. The molecule has 1 aromatic heterocycles. The number of rotatable bonds is 5. The molecule has 2 aromatic carbocycles. The third-order valence-corrected chi connectivity index (χ3v) is 4.34. The lowest BCUT2D eigenvalue weighted by atomic mass is 10.2. The maximum absolute atomic E-state index is 12.6. The second-order valence-corrected chi connectivity index (χ2v) is 6.71. The normalized spacial score (nSPS) is 10.6. The van der Waals surface area contributed by atoms with E-state index in [1.807, 2.05) is 44.2 Å². The molecule has 0 bridgehead atoms. The van der Waals surface area contributed by atoms with Gasteiger partial charge in [-0.1, -0.05) is 42.8 Å². The molecule has 1 heterocycles. The van der Waals surface area contributed by atoms with E-state index in [0.717, 1.165) is 5.56 Å². The molecule has 27 heavy (non-hydrogen) atoms. The Labute approximate surface area is 162 Å². The molecule has 138 valence electrons. The highest BCUT2D eigenvalue weighted by Gasteiger charge is 2.14. The number of benzene rings is 2. The van der Waals surface area contributed by atoms with Gasteiger partial charge >= 0.3 is 0 Å². The zero-order chi connectivity index (χ0) is 19.4. The molecule has 0 unspecified atom stereocenters. The van der Waals surface area contributed by atoms with Crippen molar-refractivity contribution in [3.63, 3.8) is 0 Å². The second-order valence-electron chi connectivity index (χ2n) is 6.28. The van der Waals surface area contributed by atoms with Gasteiger partial charge in [0.05, 0.1) is 0 Å². The summed E-state index contributed by atoms with van der Waals surface area (Å²) in [6.45, 7) is 3.74. The van der Waals surface area contributed by atoms with Gasteiger partial charge in [0, 0.05) is 28.0 Å². The van der Waals surface area contributed by atoms with Crippen molar-refractivity contribution in [3.05, 3.63) is 81.2 Å². The van der Waals surface area contributed by atoms with Crippen LogP contribution < -0.4 is 10.9 Å². The summed E-state index contributed by atoms with van der Waals surface area (Å²) in [7, 11) is 0. The number of anilines is 1. The van der Waals surface area contributed by atoms with E-state index in [4.69, 9.17) is 11.6 Å². The lowest BCUT2D eigenvalue weighted by Crippen LogP contribution is -2.30. The van der Waals surface area contributed by atoms with E-state index in [1.165, 1.54) is 10.6 Å². The Bertz CT molecular complexity index is 1040. The van der Waals surface area contributed by atoms with Crippen LogP contribution in [0.5, 0.6) is 0 Å². The molecule has 0 fully saturated rings. The van der Waals surface area contributed by atoms with E-state index in [-0.39, 0.29) is 18.0 Å². The van der Waals surface area contributed by atoms with Gasteiger partial charge in [-0.15, -0.1) is 0 Å². The highest BCUT2D eigenvalue weighted by atomic mass is 35.5. The third kappa shape index (κ3) is 4.63. The van der Waals surface area contributed by atoms with Gasteiger partial charge in [0.2, 0.25) is 5.91 Å². The zero-order valence-corrected chi connectivity index (χ0v) is 16.0. The predicted molar refractivity (Wildman–Crippen MR) is 108 cm³/mol. The van der Waals surface area contributed by atoms with Crippen LogP contribution in [0.25, 0.3) is 11.4 Å². The molecule has 1 amide bonds. The predicted octanol–water partition coefficient (Wildman–Crippen LogP) is 4.07. The maximum atomic E-state index is 12.6. The lowest BCUT2D eigenvalue weighted by Gasteiger charge is -2.14. The Morgan fingerprint density at radius 3 is 2.63 bits per heavy atom. The summed E-state index contributed by atoms with van der Waals surface area (Å²) in [5, 5.41) is 3.37. The molecular weight excluding hydrogens is 362 g/mol. The van der Waals surface area contributed by atoms with Gasteiger partial charge < -0.3 is 5.32 Å². The van der Waals surface area contributed by atoms with Crippen molar-refractivity contribution in [1.82, 2.24) is 9.55 Å². The summed E-state index contributed by atoms with van der Waals surface area (Å²) in [5.74, 6) is 0.137. The van der Waals surface area contributed by atoms with Gasteiger partial charge in [0.1, 0.15) is 12.4 Å². The SMILES string of the molecule is CCc1cc(=O)n(CC(=O)Nc2cccc(C)c2)c(-c2cccc(Cl)c2)n1. The Kier molecular flexibility index (Phi) is 5.72.